The summed E-state index contributed by atoms with van der Waals surface area (Å²) >= 11 is 1.54. The van der Waals surface area contributed by atoms with Gasteiger partial charge in [0.05, 0.1) is 11.4 Å². The monoisotopic (exact) mass is 236 g/mol. The Morgan fingerprint density at radius 2 is 2.38 bits per heavy atom. The summed E-state index contributed by atoms with van der Waals surface area (Å²) in [4.78, 5) is 24.9. The van der Waals surface area contributed by atoms with Crippen LogP contribution in [0.4, 0.5) is 11.4 Å². The molecule has 2 rings (SSSR count). The Hall–Kier alpha value is -1.49. The van der Waals surface area contributed by atoms with Crippen molar-refractivity contribution in [3.63, 3.8) is 0 Å². The average Bonchev–Trinajstić information content (AvgIpc) is 2.29. The largest absolute Gasteiger partial charge is 0.329 e. The first-order chi connectivity index (χ1) is 7.76. The first-order valence-electron chi connectivity index (χ1n) is 5.03. The van der Waals surface area contributed by atoms with Crippen molar-refractivity contribution >= 4 is 35.5 Å². The highest BCUT2D eigenvalue weighted by Crippen LogP contribution is 2.36. The number of carbonyl (C=O) groups is 2. The lowest BCUT2D eigenvalue weighted by Crippen LogP contribution is -2.35. The maximum atomic E-state index is 11.7. The number of nitrogens with zero attached hydrogens (tertiary/aromatic N) is 1. The van der Waals surface area contributed by atoms with E-state index in [-0.39, 0.29) is 5.91 Å². The number of nitrogens with one attached hydrogen (secondary N) is 1. The minimum Gasteiger partial charge on any atom is -0.329 e. The quantitative estimate of drug-likeness (QED) is 0.813. The zero-order valence-corrected chi connectivity index (χ0v) is 9.71. The first kappa shape index (κ1) is 11.0. The van der Waals surface area contributed by atoms with E-state index in [9.17, 15) is 9.59 Å². The van der Waals surface area contributed by atoms with E-state index in [4.69, 9.17) is 0 Å². The highest BCUT2D eigenvalue weighted by molar-refractivity contribution is 8.00. The summed E-state index contributed by atoms with van der Waals surface area (Å²) in [5.41, 5.74) is 1.60. The molecule has 4 nitrogen and oxygen atoms in total. The number of benzene rings is 1. The highest BCUT2D eigenvalue weighted by atomic mass is 32.2. The summed E-state index contributed by atoms with van der Waals surface area (Å²) in [7, 11) is 0. The van der Waals surface area contributed by atoms with E-state index in [1.54, 1.807) is 4.90 Å². The molecule has 0 atom stereocenters. The van der Waals surface area contributed by atoms with Gasteiger partial charge in [0.15, 0.2) is 0 Å². The number of carbonyl (C=O) groups excluding carboxylic acids is 2. The summed E-state index contributed by atoms with van der Waals surface area (Å²) in [6, 6.07) is 5.60. The molecule has 0 aliphatic carbocycles. The van der Waals surface area contributed by atoms with Crippen LogP contribution in [0.3, 0.4) is 0 Å². The van der Waals surface area contributed by atoms with Gasteiger partial charge >= 0.3 is 0 Å². The van der Waals surface area contributed by atoms with Crippen molar-refractivity contribution in [1.82, 2.24) is 0 Å². The molecular formula is C11H12N2O2S. The molecule has 5 heteroatoms. The lowest BCUT2D eigenvalue weighted by atomic mass is 10.2. The van der Waals surface area contributed by atoms with Crippen molar-refractivity contribution in [2.45, 2.75) is 11.8 Å². The van der Waals surface area contributed by atoms with E-state index >= 15 is 0 Å². The Balaban J connectivity index is 2.41. The van der Waals surface area contributed by atoms with Gasteiger partial charge in [0.1, 0.15) is 0 Å². The molecular weight excluding hydrogens is 224 g/mol. The first-order valence-corrected chi connectivity index (χ1v) is 6.02. The smallest absolute Gasteiger partial charge is 0.237 e. The van der Waals surface area contributed by atoms with Crippen molar-refractivity contribution in [3.05, 3.63) is 18.2 Å². The fourth-order valence-electron chi connectivity index (χ4n) is 1.71. The molecule has 0 saturated carbocycles. The van der Waals surface area contributed by atoms with E-state index < -0.39 is 0 Å². The molecule has 0 fully saturated rings. The molecule has 1 aromatic carbocycles. The molecule has 0 saturated heterocycles. The second kappa shape index (κ2) is 4.57. The Morgan fingerprint density at radius 3 is 3.06 bits per heavy atom. The van der Waals surface area contributed by atoms with Crippen molar-refractivity contribution in [1.29, 1.82) is 0 Å². The molecule has 1 aliphatic heterocycles. The van der Waals surface area contributed by atoms with Crippen LogP contribution < -0.4 is 10.2 Å². The molecule has 2 amide bonds. The molecule has 0 spiro atoms. The van der Waals surface area contributed by atoms with Gasteiger partial charge in [-0.2, -0.15) is 0 Å². The molecule has 84 valence electrons. The Labute approximate surface area is 98.0 Å². The fourth-order valence-corrected chi connectivity index (χ4v) is 2.62. The van der Waals surface area contributed by atoms with Crippen molar-refractivity contribution in [2.24, 2.45) is 0 Å². The summed E-state index contributed by atoms with van der Waals surface area (Å²) in [5.74, 6) is 0.602. The predicted octanol–water partition coefficient (Wildman–Crippen LogP) is 1.71. The highest BCUT2D eigenvalue weighted by Gasteiger charge is 2.23. The Kier molecular flexibility index (Phi) is 3.14. The molecule has 0 bridgehead atoms. The van der Waals surface area contributed by atoms with Crippen molar-refractivity contribution < 1.29 is 9.59 Å². The predicted molar refractivity (Wildman–Crippen MR) is 64.9 cm³/mol. The number of rotatable bonds is 3. The van der Waals surface area contributed by atoms with Crippen molar-refractivity contribution in [2.75, 3.05) is 22.5 Å². The van der Waals surface area contributed by atoms with Crippen LogP contribution in [-0.4, -0.2) is 24.6 Å². The third-order valence-electron chi connectivity index (χ3n) is 2.44. The van der Waals surface area contributed by atoms with Crippen LogP contribution in [0.25, 0.3) is 0 Å². The molecule has 1 N–H and O–H groups in total. The van der Waals surface area contributed by atoms with Crippen LogP contribution in [0.2, 0.25) is 0 Å². The van der Waals surface area contributed by atoms with Gasteiger partial charge in [0.2, 0.25) is 12.3 Å². The van der Waals surface area contributed by atoms with Crippen LogP contribution in [0.1, 0.15) is 6.92 Å². The number of thioether (sulfide) groups is 1. The van der Waals surface area contributed by atoms with Gasteiger partial charge in [-0.1, -0.05) is 0 Å². The van der Waals surface area contributed by atoms with Gasteiger partial charge in [0, 0.05) is 17.1 Å². The van der Waals surface area contributed by atoms with Crippen LogP contribution in [-0.2, 0) is 9.59 Å². The maximum Gasteiger partial charge on any atom is 0.237 e. The van der Waals surface area contributed by atoms with Crippen LogP contribution in [0, 0.1) is 0 Å². The summed E-state index contributed by atoms with van der Waals surface area (Å²) < 4.78 is 0. The number of anilines is 2. The van der Waals surface area contributed by atoms with Crippen LogP contribution in [0.5, 0.6) is 0 Å². The third-order valence-corrected chi connectivity index (χ3v) is 3.49. The van der Waals surface area contributed by atoms with Gasteiger partial charge in [-0.15, -0.1) is 11.8 Å². The SMILES string of the molecule is CCN1C(=O)CSc2ccc(NC=O)cc21. The average molecular weight is 236 g/mol. The van der Waals surface area contributed by atoms with E-state index in [0.717, 1.165) is 10.6 Å². The van der Waals surface area contributed by atoms with Crippen LogP contribution in [0.15, 0.2) is 23.1 Å². The van der Waals surface area contributed by atoms with Crippen molar-refractivity contribution in [3.8, 4) is 0 Å². The molecule has 1 aliphatic rings. The maximum absolute atomic E-state index is 11.7. The lowest BCUT2D eigenvalue weighted by molar-refractivity contribution is -0.116. The minimum atomic E-state index is 0.114. The molecule has 0 radical (unpaired) electrons. The van der Waals surface area contributed by atoms with Gasteiger partial charge in [-0.25, -0.2) is 0 Å². The fraction of sp³-hybridized carbons (Fsp3) is 0.273. The molecule has 0 unspecified atom stereocenters. The Bertz CT molecular complexity index is 434. The topological polar surface area (TPSA) is 49.4 Å². The Morgan fingerprint density at radius 1 is 1.56 bits per heavy atom. The zero-order chi connectivity index (χ0) is 11.5. The van der Waals surface area contributed by atoms with Gasteiger partial charge in [-0.3, -0.25) is 9.59 Å². The van der Waals surface area contributed by atoms with E-state index in [1.165, 1.54) is 11.8 Å². The van der Waals surface area contributed by atoms with E-state index in [2.05, 4.69) is 5.32 Å². The normalized spacial score (nSPS) is 14.6. The molecule has 1 aromatic rings. The third kappa shape index (κ3) is 1.90. The second-order valence-electron chi connectivity index (χ2n) is 3.37. The number of fused-ring (bicyclic) bond motifs is 1. The minimum absolute atomic E-state index is 0.114. The summed E-state index contributed by atoms with van der Waals surface area (Å²) in [6.45, 7) is 2.59. The number of amides is 2. The van der Waals surface area contributed by atoms with Gasteiger partial charge < -0.3 is 10.2 Å². The lowest BCUT2D eigenvalue weighted by Gasteiger charge is -2.28. The standard InChI is InChI=1S/C11H12N2O2S/c1-2-13-9-5-8(12-7-14)3-4-10(9)16-6-11(13)15/h3-5,7H,2,6H2,1H3,(H,12,14). The van der Waals surface area contributed by atoms with E-state index in [1.807, 2.05) is 25.1 Å². The van der Waals surface area contributed by atoms with E-state index in [0.29, 0.717) is 24.4 Å². The van der Waals surface area contributed by atoms with Gasteiger partial charge in [0.25, 0.3) is 0 Å². The van der Waals surface area contributed by atoms with Crippen LogP contribution >= 0.6 is 11.8 Å². The molecule has 0 aromatic heterocycles. The number of hydrogen-bond acceptors (Lipinski definition) is 3. The number of hydrogen-bond donors (Lipinski definition) is 1. The zero-order valence-electron chi connectivity index (χ0n) is 8.90. The molecule has 1 heterocycles. The summed E-state index contributed by atoms with van der Waals surface area (Å²) in [5, 5.41) is 2.59. The molecule has 16 heavy (non-hydrogen) atoms. The van der Waals surface area contributed by atoms with Gasteiger partial charge in [-0.05, 0) is 25.1 Å². The summed E-state index contributed by atoms with van der Waals surface area (Å²) in [6.07, 6.45) is 0.635. The second-order valence-corrected chi connectivity index (χ2v) is 4.39.